The Morgan fingerprint density at radius 2 is 0.780 bits per heavy atom. The van der Waals surface area contributed by atoms with E-state index in [0.717, 1.165) is 111 Å². The first-order valence-corrected chi connectivity index (χ1v) is 20.1. The van der Waals surface area contributed by atoms with E-state index in [0.29, 0.717) is 0 Å². The van der Waals surface area contributed by atoms with Gasteiger partial charge in [-0.15, -0.1) is 0 Å². The smallest absolute Gasteiger partial charge is 0.130 e. The van der Waals surface area contributed by atoms with E-state index < -0.39 is 0 Å². The molecule has 0 aliphatic rings. The van der Waals surface area contributed by atoms with Crippen LogP contribution in [0.15, 0.2) is 183 Å². The second kappa shape index (κ2) is 13.4. The highest BCUT2D eigenvalue weighted by Crippen LogP contribution is 2.41. The summed E-state index contributed by atoms with van der Waals surface area (Å²) in [6, 6.07) is 54.8. The van der Waals surface area contributed by atoms with Gasteiger partial charge >= 0.3 is 0 Å². The van der Waals surface area contributed by atoms with E-state index in [1.54, 1.807) is 0 Å². The van der Waals surface area contributed by atoms with Crippen LogP contribution in [-0.2, 0) is 0 Å². The normalized spacial score (nSPS) is 11.7. The van der Waals surface area contributed by atoms with Gasteiger partial charge in [0.2, 0.25) is 0 Å². The van der Waals surface area contributed by atoms with Crippen molar-refractivity contribution in [3.05, 3.63) is 183 Å². The third-order valence-electron chi connectivity index (χ3n) is 11.3. The van der Waals surface area contributed by atoms with Gasteiger partial charge < -0.3 is 9.13 Å². The monoisotopic (exact) mass is 774 g/mol. The summed E-state index contributed by atoms with van der Waals surface area (Å²) in [6.07, 6.45) is 7.41. The third-order valence-corrected chi connectivity index (χ3v) is 11.8. The zero-order chi connectivity index (χ0) is 38.9. The standard InChI is InChI=1S/C50H30N8S/c1-3-13-35(39-15-5-7-25-51-39)33(11-1)31-19-21-41-37(29-31)47-43(17-9-27-53-47)57(41)45-23-24-46(50-49(45)55-59-56-50)58-42-22-20-32(30-38(42)48-44(58)18-10-28-54-48)34-12-2-4-14-36(34)40-16-6-8-26-52-40/h1-30H. The van der Waals surface area contributed by atoms with E-state index in [-0.39, 0.29) is 0 Å². The molecular formula is C50H30N8S. The minimum absolute atomic E-state index is 0.819. The Kier molecular flexibility index (Phi) is 7.54. The van der Waals surface area contributed by atoms with Crippen LogP contribution in [0.3, 0.4) is 0 Å². The van der Waals surface area contributed by atoms with E-state index in [1.165, 1.54) is 11.7 Å². The second-order valence-corrected chi connectivity index (χ2v) is 15.0. The van der Waals surface area contributed by atoms with Crippen molar-refractivity contribution in [1.29, 1.82) is 0 Å². The average molecular weight is 775 g/mol. The largest absolute Gasteiger partial charge is 0.305 e. The molecule has 0 bridgehead atoms. The maximum Gasteiger partial charge on any atom is 0.130 e. The fourth-order valence-corrected chi connectivity index (χ4v) is 9.25. The fraction of sp³-hybridized carbons (Fsp3) is 0. The zero-order valence-corrected chi connectivity index (χ0v) is 32.1. The minimum Gasteiger partial charge on any atom is -0.305 e. The van der Waals surface area contributed by atoms with Crippen LogP contribution >= 0.6 is 11.7 Å². The van der Waals surface area contributed by atoms with Crippen molar-refractivity contribution in [2.45, 2.75) is 0 Å². The molecule has 0 saturated carbocycles. The van der Waals surface area contributed by atoms with Crippen molar-refractivity contribution >= 4 is 66.6 Å². The van der Waals surface area contributed by atoms with Gasteiger partial charge in [-0.2, -0.15) is 8.75 Å². The van der Waals surface area contributed by atoms with Crippen LogP contribution in [0.25, 0.3) is 111 Å². The Bertz CT molecular complexity index is 3340. The van der Waals surface area contributed by atoms with Crippen LogP contribution in [0.2, 0.25) is 0 Å². The first-order valence-electron chi connectivity index (χ1n) is 19.4. The van der Waals surface area contributed by atoms with Crippen molar-refractivity contribution < 1.29 is 0 Å². The molecule has 0 saturated heterocycles. The van der Waals surface area contributed by atoms with Gasteiger partial charge in [0, 0.05) is 46.7 Å². The van der Waals surface area contributed by atoms with Gasteiger partial charge in [-0.25, -0.2) is 0 Å². The molecule has 0 radical (unpaired) electrons. The number of nitrogens with zero attached hydrogens (tertiary/aromatic N) is 8. The van der Waals surface area contributed by atoms with E-state index in [2.05, 4.69) is 140 Å². The number of hydrogen-bond acceptors (Lipinski definition) is 7. The third kappa shape index (κ3) is 5.22. The summed E-state index contributed by atoms with van der Waals surface area (Å²) in [5.41, 5.74) is 17.9. The van der Waals surface area contributed by atoms with Gasteiger partial charge in [0.15, 0.2) is 0 Å². The molecule has 9 heteroatoms. The van der Waals surface area contributed by atoms with E-state index in [1.807, 2.05) is 61.2 Å². The lowest BCUT2D eigenvalue weighted by molar-refractivity contribution is 1.16. The van der Waals surface area contributed by atoms with Gasteiger partial charge in [-0.3, -0.25) is 19.9 Å². The summed E-state index contributed by atoms with van der Waals surface area (Å²) in [7, 11) is 0. The van der Waals surface area contributed by atoms with Crippen molar-refractivity contribution in [1.82, 2.24) is 37.8 Å². The lowest BCUT2D eigenvalue weighted by Gasteiger charge is -2.13. The summed E-state index contributed by atoms with van der Waals surface area (Å²) in [5, 5.41) is 2.12. The molecule has 0 atom stereocenters. The number of aromatic nitrogens is 8. The molecule has 0 aliphatic heterocycles. The Morgan fingerprint density at radius 3 is 1.24 bits per heavy atom. The zero-order valence-electron chi connectivity index (χ0n) is 31.3. The van der Waals surface area contributed by atoms with Crippen molar-refractivity contribution in [2.24, 2.45) is 0 Å². The van der Waals surface area contributed by atoms with Gasteiger partial charge in [0.05, 0.1) is 67.6 Å². The maximum atomic E-state index is 4.97. The number of fused-ring (bicyclic) bond motifs is 7. The number of pyridine rings is 4. The predicted octanol–water partition coefficient (Wildman–Crippen LogP) is 12.1. The highest BCUT2D eigenvalue weighted by Gasteiger charge is 2.23. The van der Waals surface area contributed by atoms with Gasteiger partial charge in [0.1, 0.15) is 11.0 Å². The van der Waals surface area contributed by atoms with Crippen LogP contribution in [0.4, 0.5) is 0 Å². The minimum atomic E-state index is 0.819. The van der Waals surface area contributed by atoms with Crippen LogP contribution in [0.5, 0.6) is 0 Å². The Hall–Kier alpha value is -7.88. The summed E-state index contributed by atoms with van der Waals surface area (Å²) < 4.78 is 14.5. The molecule has 0 unspecified atom stereocenters. The second-order valence-electron chi connectivity index (χ2n) is 14.5. The fourth-order valence-electron chi connectivity index (χ4n) is 8.69. The maximum absolute atomic E-state index is 4.97. The van der Waals surface area contributed by atoms with Crippen LogP contribution < -0.4 is 0 Å². The number of hydrogen-bond donors (Lipinski definition) is 0. The van der Waals surface area contributed by atoms with E-state index >= 15 is 0 Å². The lowest BCUT2D eigenvalue weighted by atomic mass is 9.96. The number of rotatable bonds is 6. The lowest BCUT2D eigenvalue weighted by Crippen LogP contribution is -2.00. The average Bonchev–Trinajstić information content (AvgIpc) is 4.03. The topological polar surface area (TPSA) is 87.2 Å². The summed E-state index contributed by atoms with van der Waals surface area (Å²) >= 11 is 1.23. The molecule has 12 rings (SSSR count). The van der Waals surface area contributed by atoms with Crippen molar-refractivity contribution in [3.63, 3.8) is 0 Å². The molecule has 59 heavy (non-hydrogen) atoms. The molecule has 7 heterocycles. The molecular weight excluding hydrogens is 745 g/mol. The Morgan fingerprint density at radius 1 is 0.339 bits per heavy atom. The van der Waals surface area contributed by atoms with Crippen LogP contribution in [0.1, 0.15) is 0 Å². The van der Waals surface area contributed by atoms with Crippen molar-refractivity contribution in [3.8, 4) is 56.1 Å². The molecule has 12 aromatic rings. The van der Waals surface area contributed by atoms with E-state index in [4.69, 9.17) is 18.7 Å². The van der Waals surface area contributed by atoms with Crippen LogP contribution in [0, 0.1) is 0 Å². The van der Waals surface area contributed by atoms with Crippen LogP contribution in [-0.4, -0.2) is 37.8 Å². The molecule has 0 N–H and O–H groups in total. The van der Waals surface area contributed by atoms with Gasteiger partial charge in [-0.05, 0) is 107 Å². The molecule has 0 aliphatic carbocycles. The summed E-state index contributed by atoms with van der Waals surface area (Å²) in [5.74, 6) is 0. The SMILES string of the molecule is c1ccc(-c2ccccc2-c2ccc3c(c2)c2ncccc2n3-c2ccc(-n3c4ccc(-c5ccccc5-c5ccccn5)cc4c4ncccc43)c3nsnc23)nc1. The molecule has 8 nitrogen and oxygen atoms in total. The molecule has 5 aromatic carbocycles. The Labute approximate surface area is 341 Å². The van der Waals surface area contributed by atoms with Crippen molar-refractivity contribution in [2.75, 3.05) is 0 Å². The van der Waals surface area contributed by atoms with Gasteiger partial charge in [-0.1, -0.05) is 72.8 Å². The molecule has 276 valence electrons. The first kappa shape index (κ1) is 33.3. The van der Waals surface area contributed by atoms with E-state index in [9.17, 15) is 0 Å². The molecule has 0 amide bonds. The quantitative estimate of drug-likeness (QED) is 0.167. The van der Waals surface area contributed by atoms with Gasteiger partial charge in [0.25, 0.3) is 0 Å². The highest BCUT2D eigenvalue weighted by atomic mass is 32.1. The predicted molar refractivity (Wildman–Crippen MR) is 239 cm³/mol. The summed E-state index contributed by atoms with van der Waals surface area (Å²) in [4.78, 5) is 19.2. The molecule has 0 spiro atoms. The first-order chi connectivity index (χ1) is 29.3. The molecule has 0 fully saturated rings. The summed E-state index contributed by atoms with van der Waals surface area (Å²) in [6.45, 7) is 0. The Balaban J connectivity index is 1.03. The number of benzene rings is 5. The molecule has 7 aromatic heterocycles. The highest BCUT2D eigenvalue weighted by molar-refractivity contribution is 7.00.